The van der Waals surface area contributed by atoms with Crippen LogP contribution in [0.15, 0.2) is 0 Å². The van der Waals surface area contributed by atoms with Gasteiger partial charge in [-0.05, 0) is 32.9 Å². The van der Waals surface area contributed by atoms with Crippen LogP contribution in [0.3, 0.4) is 0 Å². The van der Waals surface area contributed by atoms with Crippen molar-refractivity contribution < 1.29 is 4.79 Å². The Bertz CT molecular complexity index is 269. The summed E-state index contributed by atoms with van der Waals surface area (Å²) in [5.41, 5.74) is 0. The molecule has 0 aromatic rings. The van der Waals surface area contributed by atoms with Crippen LogP contribution >= 0.6 is 0 Å². The molecule has 0 aliphatic carbocycles. The first-order valence-electron chi connectivity index (χ1n) is 6.93. The molecule has 2 heterocycles. The Morgan fingerprint density at radius 2 is 2.29 bits per heavy atom. The zero-order valence-electron chi connectivity index (χ0n) is 11.1. The van der Waals surface area contributed by atoms with Crippen LogP contribution in [0.2, 0.25) is 0 Å². The highest BCUT2D eigenvalue weighted by Gasteiger charge is 2.40. The number of rotatable bonds is 5. The van der Waals surface area contributed by atoms with E-state index < -0.39 is 0 Å². The lowest BCUT2D eigenvalue weighted by Crippen LogP contribution is -2.46. The van der Waals surface area contributed by atoms with Gasteiger partial charge in [-0.2, -0.15) is 0 Å². The summed E-state index contributed by atoms with van der Waals surface area (Å²) in [5.74, 6) is 0.357. The van der Waals surface area contributed by atoms with Gasteiger partial charge in [0, 0.05) is 38.1 Å². The van der Waals surface area contributed by atoms with Gasteiger partial charge in [0.1, 0.15) is 0 Å². The summed E-state index contributed by atoms with van der Waals surface area (Å²) in [7, 11) is 2.13. The molecule has 0 aromatic heterocycles. The number of hydrogen-bond donors (Lipinski definition) is 1. The molecule has 0 aromatic carbocycles. The van der Waals surface area contributed by atoms with Crippen LogP contribution in [0.25, 0.3) is 0 Å². The summed E-state index contributed by atoms with van der Waals surface area (Å²) < 4.78 is 0. The molecular formula is C13H25N3O. The number of hydrogen-bond acceptors (Lipinski definition) is 3. The van der Waals surface area contributed by atoms with E-state index in [4.69, 9.17) is 0 Å². The van der Waals surface area contributed by atoms with E-state index in [0.717, 1.165) is 26.2 Å². The highest BCUT2D eigenvalue weighted by molar-refractivity contribution is 5.80. The minimum absolute atomic E-state index is 0.357. The molecule has 2 aliphatic heterocycles. The molecule has 4 nitrogen and oxygen atoms in total. The van der Waals surface area contributed by atoms with Gasteiger partial charge in [0.25, 0.3) is 0 Å². The van der Waals surface area contributed by atoms with Gasteiger partial charge in [0.15, 0.2) is 0 Å². The topological polar surface area (TPSA) is 35.6 Å². The Morgan fingerprint density at radius 3 is 3.06 bits per heavy atom. The standard InChI is InChI=1S/C13H25N3O/c1-3-15(2)9-7-14-11-10-13(17)16-8-5-4-6-12(11)16/h11-12,14H,3-10H2,1-2H3. The molecule has 2 rings (SSSR count). The van der Waals surface area contributed by atoms with Crippen LogP contribution in [0.5, 0.6) is 0 Å². The molecule has 1 N–H and O–H groups in total. The van der Waals surface area contributed by atoms with Crippen LogP contribution in [-0.4, -0.2) is 61.0 Å². The van der Waals surface area contributed by atoms with Gasteiger partial charge in [0.2, 0.25) is 5.91 Å². The summed E-state index contributed by atoms with van der Waals surface area (Å²) >= 11 is 0. The lowest BCUT2D eigenvalue weighted by atomic mass is 9.99. The van der Waals surface area contributed by atoms with Crippen molar-refractivity contribution in [2.45, 2.75) is 44.7 Å². The maximum absolute atomic E-state index is 11.8. The Labute approximate surface area is 104 Å². The van der Waals surface area contributed by atoms with Crippen molar-refractivity contribution in [2.75, 3.05) is 33.2 Å². The lowest BCUT2D eigenvalue weighted by Gasteiger charge is -2.32. The zero-order chi connectivity index (χ0) is 12.3. The fraction of sp³-hybridized carbons (Fsp3) is 0.923. The molecule has 0 spiro atoms. The zero-order valence-corrected chi connectivity index (χ0v) is 11.1. The van der Waals surface area contributed by atoms with E-state index >= 15 is 0 Å². The van der Waals surface area contributed by atoms with Crippen LogP contribution in [0, 0.1) is 0 Å². The molecule has 2 unspecified atom stereocenters. The van der Waals surface area contributed by atoms with E-state index in [1.165, 1.54) is 19.3 Å². The van der Waals surface area contributed by atoms with E-state index in [1.54, 1.807) is 0 Å². The normalized spacial score (nSPS) is 28.9. The van der Waals surface area contributed by atoms with Crippen LogP contribution in [0.1, 0.15) is 32.6 Å². The fourth-order valence-electron chi connectivity index (χ4n) is 2.93. The number of nitrogens with one attached hydrogen (secondary N) is 1. The van der Waals surface area contributed by atoms with E-state index in [2.05, 4.69) is 29.1 Å². The molecule has 1 amide bonds. The first kappa shape index (κ1) is 12.8. The van der Waals surface area contributed by atoms with Crippen molar-refractivity contribution in [3.63, 3.8) is 0 Å². The summed E-state index contributed by atoms with van der Waals surface area (Å²) in [6.45, 7) is 6.29. The molecule has 98 valence electrons. The largest absolute Gasteiger partial charge is 0.338 e. The smallest absolute Gasteiger partial charge is 0.224 e. The predicted molar refractivity (Wildman–Crippen MR) is 68.9 cm³/mol. The molecular weight excluding hydrogens is 214 g/mol. The third-order valence-electron chi connectivity index (χ3n) is 4.17. The predicted octanol–water partition coefficient (Wildman–Crippen LogP) is 0.681. The second-order valence-corrected chi connectivity index (χ2v) is 5.31. The van der Waals surface area contributed by atoms with E-state index in [0.29, 0.717) is 24.4 Å². The first-order chi connectivity index (χ1) is 8.22. The van der Waals surface area contributed by atoms with Gasteiger partial charge in [-0.15, -0.1) is 0 Å². The van der Waals surface area contributed by atoms with Crippen LogP contribution < -0.4 is 5.32 Å². The highest BCUT2D eigenvalue weighted by Crippen LogP contribution is 2.27. The Balaban J connectivity index is 1.79. The Kier molecular flexibility index (Phi) is 4.40. The average molecular weight is 239 g/mol. The maximum atomic E-state index is 11.8. The number of nitrogens with zero attached hydrogens (tertiary/aromatic N) is 2. The van der Waals surface area contributed by atoms with Gasteiger partial charge in [-0.1, -0.05) is 6.92 Å². The monoisotopic (exact) mass is 239 g/mol. The quantitative estimate of drug-likeness (QED) is 0.766. The number of amides is 1. The minimum atomic E-state index is 0.357. The number of piperidine rings is 1. The third kappa shape index (κ3) is 2.99. The van der Waals surface area contributed by atoms with Crippen LogP contribution in [0.4, 0.5) is 0 Å². The third-order valence-corrected chi connectivity index (χ3v) is 4.17. The summed E-state index contributed by atoms with van der Waals surface area (Å²) in [4.78, 5) is 16.2. The van der Waals surface area contributed by atoms with Crippen molar-refractivity contribution in [1.82, 2.24) is 15.1 Å². The van der Waals surface area contributed by atoms with E-state index in [9.17, 15) is 4.79 Å². The van der Waals surface area contributed by atoms with Crippen molar-refractivity contribution in [1.29, 1.82) is 0 Å². The fourth-order valence-corrected chi connectivity index (χ4v) is 2.93. The number of carbonyl (C=O) groups excluding carboxylic acids is 1. The summed E-state index contributed by atoms with van der Waals surface area (Å²) in [6.07, 6.45) is 4.36. The first-order valence-corrected chi connectivity index (χ1v) is 6.93. The lowest BCUT2D eigenvalue weighted by molar-refractivity contribution is -0.129. The van der Waals surface area contributed by atoms with Gasteiger partial charge in [-0.3, -0.25) is 4.79 Å². The van der Waals surface area contributed by atoms with Crippen molar-refractivity contribution >= 4 is 5.91 Å². The Hall–Kier alpha value is -0.610. The molecule has 2 aliphatic rings. The highest BCUT2D eigenvalue weighted by atomic mass is 16.2. The summed E-state index contributed by atoms with van der Waals surface area (Å²) in [5, 5.41) is 3.57. The Morgan fingerprint density at radius 1 is 1.47 bits per heavy atom. The molecule has 2 saturated heterocycles. The number of fused-ring (bicyclic) bond motifs is 1. The van der Waals surface area contributed by atoms with Gasteiger partial charge in [-0.25, -0.2) is 0 Å². The molecule has 2 fully saturated rings. The SMILES string of the molecule is CCN(C)CCNC1CC(=O)N2CCCCC12. The molecule has 0 bridgehead atoms. The summed E-state index contributed by atoms with van der Waals surface area (Å²) in [6, 6.07) is 0.872. The molecule has 0 saturated carbocycles. The molecule has 0 radical (unpaired) electrons. The molecule has 17 heavy (non-hydrogen) atoms. The van der Waals surface area contributed by atoms with Crippen molar-refractivity contribution in [2.24, 2.45) is 0 Å². The average Bonchev–Trinajstić information content (AvgIpc) is 2.67. The van der Waals surface area contributed by atoms with Crippen molar-refractivity contribution in [3.8, 4) is 0 Å². The number of likely N-dealkylation sites (N-methyl/N-ethyl adjacent to an activating group) is 1. The van der Waals surface area contributed by atoms with E-state index in [1.807, 2.05) is 0 Å². The van der Waals surface area contributed by atoms with Crippen LogP contribution in [-0.2, 0) is 4.79 Å². The van der Waals surface area contributed by atoms with E-state index in [-0.39, 0.29) is 0 Å². The minimum Gasteiger partial charge on any atom is -0.338 e. The molecule has 4 heteroatoms. The van der Waals surface area contributed by atoms with Gasteiger partial charge < -0.3 is 15.1 Å². The second-order valence-electron chi connectivity index (χ2n) is 5.31. The van der Waals surface area contributed by atoms with Gasteiger partial charge >= 0.3 is 0 Å². The maximum Gasteiger partial charge on any atom is 0.224 e. The molecule has 2 atom stereocenters. The number of carbonyl (C=O) groups is 1. The second kappa shape index (κ2) is 5.83. The van der Waals surface area contributed by atoms with Crippen molar-refractivity contribution in [3.05, 3.63) is 0 Å². The van der Waals surface area contributed by atoms with Gasteiger partial charge in [0.05, 0.1) is 0 Å².